The molecule has 1 aromatic carbocycles. The van der Waals surface area contributed by atoms with Crippen LogP contribution in [0.2, 0.25) is 0 Å². The Morgan fingerprint density at radius 3 is 2.58 bits per heavy atom. The smallest absolute Gasteiger partial charge is 0.0473 e. The Balaban J connectivity index is 2.08. The number of hydrogen-bond acceptors (Lipinski definition) is 1. The van der Waals surface area contributed by atoms with Gasteiger partial charge in [0, 0.05) is 24.5 Å². The molecule has 0 spiro atoms. The molecule has 2 nitrogen and oxygen atoms in total. The number of aromatic nitrogens is 1. The Bertz CT molecular complexity index is 496. The van der Waals surface area contributed by atoms with Gasteiger partial charge in [0.25, 0.3) is 0 Å². The van der Waals surface area contributed by atoms with E-state index in [9.17, 15) is 0 Å². The highest BCUT2D eigenvalue weighted by molar-refractivity contribution is 5.23. The summed E-state index contributed by atoms with van der Waals surface area (Å²) in [5.41, 5.74) is 4.02. The number of nitrogens with zero attached hydrogens (tertiary/aromatic N) is 1. The van der Waals surface area contributed by atoms with E-state index in [0.717, 1.165) is 13.1 Å². The molecule has 2 heteroatoms. The molecule has 0 fully saturated rings. The second-order valence-electron chi connectivity index (χ2n) is 5.22. The van der Waals surface area contributed by atoms with E-state index < -0.39 is 0 Å². The molecule has 0 aliphatic carbocycles. The molecule has 1 N–H and O–H groups in total. The highest BCUT2D eigenvalue weighted by Gasteiger charge is 2.09. The predicted molar refractivity (Wildman–Crippen MR) is 81.4 cm³/mol. The molecule has 0 saturated carbocycles. The molecule has 0 bridgehead atoms. The quantitative estimate of drug-likeness (QED) is 0.829. The van der Waals surface area contributed by atoms with Crippen LogP contribution in [0.3, 0.4) is 0 Å². The maximum atomic E-state index is 3.55. The Morgan fingerprint density at radius 2 is 1.89 bits per heavy atom. The average Bonchev–Trinajstić information content (AvgIpc) is 2.87. The lowest BCUT2D eigenvalue weighted by atomic mass is 10.1. The molecular weight excluding hydrogens is 232 g/mol. The van der Waals surface area contributed by atoms with Crippen LogP contribution in [-0.4, -0.2) is 11.1 Å². The number of benzene rings is 1. The SMILES string of the molecule is CCCNC(C)c1cccn1Cc1ccc(C)cc1. The Kier molecular flexibility index (Phi) is 4.80. The summed E-state index contributed by atoms with van der Waals surface area (Å²) in [7, 11) is 0. The summed E-state index contributed by atoms with van der Waals surface area (Å²) in [6, 6.07) is 13.5. The van der Waals surface area contributed by atoms with Crippen molar-refractivity contribution in [1.82, 2.24) is 9.88 Å². The largest absolute Gasteiger partial charge is 0.346 e. The first-order valence-electron chi connectivity index (χ1n) is 7.14. The first kappa shape index (κ1) is 13.9. The molecule has 0 saturated heterocycles. The van der Waals surface area contributed by atoms with Gasteiger partial charge in [0.05, 0.1) is 0 Å². The van der Waals surface area contributed by atoms with Gasteiger partial charge in [-0.3, -0.25) is 0 Å². The average molecular weight is 256 g/mol. The zero-order chi connectivity index (χ0) is 13.7. The molecule has 2 rings (SSSR count). The van der Waals surface area contributed by atoms with Crippen LogP contribution in [0.25, 0.3) is 0 Å². The summed E-state index contributed by atoms with van der Waals surface area (Å²) in [5.74, 6) is 0. The molecule has 1 unspecified atom stereocenters. The van der Waals surface area contributed by atoms with E-state index in [4.69, 9.17) is 0 Å². The summed E-state index contributed by atoms with van der Waals surface area (Å²) >= 11 is 0. The Morgan fingerprint density at radius 1 is 1.16 bits per heavy atom. The summed E-state index contributed by atoms with van der Waals surface area (Å²) in [6.07, 6.45) is 3.34. The monoisotopic (exact) mass is 256 g/mol. The summed E-state index contributed by atoms with van der Waals surface area (Å²) in [6.45, 7) is 8.57. The number of rotatable bonds is 6. The van der Waals surface area contributed by atoms with Gasteiger partial charge < -0.3 is 9.88 Å². The third kappa shape index (κ3) is 3.71. The first-order valence-corrected chi connectivity index (χ1v) is 7.14. The normalized spacial score (nSPS) is 12.6. The fraction of sp³-hybridized carbons (Fsp3) is 0.412. The van der Waals surface area contributed by atoms with Crippen molar-refractivity contribution < 1.29 is 0 Å². The van der Waals surface area contributed by atoms with E-state index in [0.29, 0.717) is 6.04 Å². The van der Waals surface area contributed by atoms with E-state index in [2.05, 4.69) is 73.3 Å². The topological polar surface area (TPSA) is 17.0 Å². The second-order valence-corrected chi connectivity index (χ2v) is 5.22. The fourth-order valence-electron chi connectivity index (χ4n) is 2.32. The zero-order valence-corrected chi connectivity index (χ0v) is 12.2. The fourth-order valence-corrected chi connectivity index (χ4v) is 2.32. The summed E-state index contributed by atoms with van der Waals surface area (Å²) < 4.78 is 2.33. The molecule has 1 heterocycles. The molecule has 0 radical (unpaired) electrons. The van der Waals surface area contributed by atoms with Gasteiger partial charge in [0.1, 0.15) is 0 Å². The van der Waals surface area contributed by atoms with Crippen LogP contribution in [0.5, 0.6) is 0 Å². The number of nitrogens with one attached hydrogen (secondary N) is 1. The Hall–Kier alpha value is -1.54. The molecule has 1 atom stereocenters. The van der Waals surface area contributed by atoms with E-state index in [-0.39, 0.29) is 0 Å². The van der Waals surface area contributed by atoms with Crippen molar-refractivity contribution in [1.29, 1.82) is 0 Å². The minimum atomic E-state index is 0.403. The molecule has 102 valence electrons. The molecule has 0 amide bonds. The lowest BCUT2D eigenvalue weighted by molar-refractivity contribution is 0.534. The minimum absolute atomic E-state index is 0.403. The van der Waals surface area contributed by atoms with Gasteiger partial charge in [-0.05, 0) is 44.5 Å². The Labute approximate surface area is 116 Å². The lowest BCUT2D eigenvalue weighted by Gasteiger charge is -2.17. The van der Waals surface area contributed by atoms with Crippen molar-refractivity contribution in [3.8, 4) is 0 Å². The van der Waals surface area contributed by atoms with E-state index in [1.807, 2.05) is 0 Å². The zero-order valence-electron chi connectivity index (χ0n) is 12.2. The van der Waals surface area contributed by atoms with Crippen molar-refractivity contribution >= 4 is 0 Å². The second kappa shape index (κ2) is 6.58. The van der Waals surface area contributed by atoms with Crippen molar-refractivity contribution in [2.75, 3.05) is 6.54 Å². The summed E-state index contributed by atoms with van der Waals surface area (Å²) in [5, 5.41) is 3.55. The van der Waals surface area contributed by atoms with Crippen LogP contribution in [0.15, 0.2) is 42.6 Å². The van der Waals surface area contributed by atoms with Crippen LogP contribution < -0.4 is 5.32 Å². The van der Waals surface area contributed by atoms with Gasteiger partial charge in [-0.15, -0.1) is 0 Å². The van der Waals surface area contributed by atoms with Gasteiger partial charge in [0.2, 0.25) is 0 Å². The van der Waals surface area contributed by atoms with E-state index in [1.54, 1.807) is 0 Å². The van der Waals surface area contributed by atoms with E-state index in [1.165, 1.54) is 23.2 Å². The van der Waals surface area contributed by atoms with Crippen LogP contribution in [0.1, 0.15) is 43.1 Å². The lowest BCUT2D eigenvalue weighted by Crippen LogP contribution is -2.22. The molecular formula is C17H24N2. The van der Waals surface area contributed by atoms with Crippen LogP contribution in [0.4, 0.5) is 0 Å². The number of aryl methyl sites for hydroxylation is 1. The maximum absolute atomic E-state index is 3.55. The molecule has 1 aromatic heterocycles. The predicted octanol–water partition coefficient (Wildman–Crippen LogP) is 3.91. The molecule has 2 aromatic rings. The molecule has 0 aliphatic heterocycles. The summed E-state index contributed by atoms with van der Waals surface area (Å²) in [4.78, 5) is 0. The first-order chi connectivity index (χ1) is 9.20. The van der Waals surface area contributed by atoms with Crippen molar-refractivity contribution in [2.45, 2.75) is 39.8 Å². The third-order valence-corrected chi connectivity index (χ3v) is 3.48. The minimum Gasteiger partial charge on any atom is -0.346 e. The number of hydrogen-bond donors (Lipinski definition) is 1. The van der Waals surface area contributed by atoms with Gasteiger partial charge in [-0.1, -0.05) is 36.8 Å². The van der Waals surface area contributed by atoms with Crippen molar-refractivity contribution in [3.63, 3.8) is 0 Å². The van der Waals surface area contributed by atoms with Crippen molar-refractivity contribution in [3.05, 3.63) is 59.4 Å². The van der Waals surface area contributed by atoms with Gasteiger partial charge in [0.15, 0.2) is 0 Å². The van der Waals surface area contributed by atoms with Gasteiger partial charge in [-0.2, -0.15) is 0 Å². The molecule has 19 heavy (non-hydrogen) atoms. The van der Waals surface area contributed by atoms with Crippen LogP contribution in [0, 0.1) is 6.92 Å². The highest BCUT2D eigenvalue weighted by Crippen LogP contribution is 2.15. The van der Waals surface area contributed by atoms with Gasteiger partial charge >= 0.3 is 0 Å². The van der Waals surface area contributed by atoms with Crippen LogP contribution >= 0.6 is 0 Å². The van der Waals surface area contributed by atoms with Crippen molar-refractivity contribution in [2.24, 2.45) is 0 Å². The van der Waals surface area contributed by atoms with Crippen LogP contribution in [-0.2, 0) is 6.54 Å². The highest BCUT2D eigenvalue weighted by atomic mass is 15.0. The molecule has 0 aliphatic rings. The van der Waals surface area contributed by atoms with E-state index >= 15 is 0 Å². The standard InChI is InChI=1S/C17H24N2/c1-4-11-18-15(3)17-6-5-12-19(17)13-16-9-7-14(2)8-10-16/h5-10,12,15,18H,4,11,13H2,1-3H3. The third-order valence-electron chi connectivity index (χ3n) is 3.48. The maximum Gasteiger partial charge on any atom is 0.0473 e. The van der Waals surface area contributed by atoms with Gasteiger partial charge in [-0.25, -0.2) is 0 Å².